The van der Waals surface area contributed by atoms with Crippen LogP contribution in [-0.2, 0) is 6.42 Å². The molecule has 0 bridgehead atoms. The van der Waals surface area contributed by atoms with Gasteiger partial charge in [0.25, 0.3) is 0 Å². The standard InChI is InChI=1S/C15H21ClFNO/c1-15(2,5-6-16)10-18-9-13-8-11-7-12(17)3-4-14(11)19-13/h3-4,7,13,18H,5-6,8-10H2,1-2H3. The highest BCUT2D eigenvalue weighted by Gasteiger charge is 2.24. The minimum Gasteiger partial charge on any atom is -0.488 e. The average Bonchev–Trinajstić information content (AvgIpc) is 2.70. The molecule has 1 atom stereocenters. The smallest absolute Gasteiger partial charge is 0.123 e. The zero-order valence-electron chi connectivity index (χ0n) is 11.5. The fourth-order valence-electron chi connectivity index (χ4n) is 2.32. The molecular formula is C15H21ClFNO. The Labute approximate surface area is 119 Å². The molecule has 0 radical (unpaired) electrons. The summed E-state index contributed by atoms with van der Waals surface area (Å²) in [5.74, 6) is 1.30. The molecular weight excluding hydrogens is 265 g/mol. The van der Waals surface area contributed by atoms with Gasteiger partial charge in [0.15, 0.2) is 0 Å². The molecule has 19 heavy (non-hydrogen) atoms. The topological polar surface area (TPSA) is 21.3 Å². The van der Waals surface area contributed by atoms with Gasteiger partial charge < -0.3 is 10.1 Å². The molecule has 2 nitrogen and oxygen atoms in total. The first-order valence-corrected chi connectivity index (χ1v) is 7.25. The Morgan fingerprint density at radius 2 is 2.26 bits per heavy atom. The van der Waals surface area contributed by atoms with Crippen LogP contribution < -0.4 is 10.1 Å². The van der Waals surface area contributed by atoms with Gasteiger partial charge in [-0.3, -0.25) is 0 Å². The number of rotatable bonds is 6. The minimum absolute atomic E-state index is 0.101. The summed E-state index contributed by atoms with van der Waals surface area (Å²) >= 11 is 5.78. The maximum absolute atomic E-state index is 13.1. The van der Waals surface area contributed by atoms with Crippen LogP contribution in [0.3, 0.4) is 0 Å². The van der Waals surface area contributed by atoms with Crippen molar-refractivity contribution in [3.8, 4) is 5.75 Å². The Balaban J connectivity index is 1.78. The first-order chi connectivity index (χ1) is 9.00. The van der Waals surface area contributed by atoms with E-state index in [0.717, 1.165) is 37.2 Å². The molecule has 4 heteroatoms. The van der Waals surface area contributed by atoms with Crippen LogP contribution in [0.15, 0.2) is 18.2 Å². The van der Waals surface area contributed by atoms with Crippen molar-refractivity contribution in [2.75, 3.05) is 19.0 Å². The average molecular weight is 286 g/mol. The maximum atomic E-state index is 13.1. The predicted octanol–water partition coefficient (Wildman–Crippen LogP) is 3.37. The highest BCUT2D eigenvalue weighted by Crippen LogP contribution is 2.29. The molecule has 1 aromatic carbocycles. The molecule has 0 saturated carbocycles. The fraction of sp³-hybridized carbons (Fsp3) is 0.600. The van der Waals surface area contributed by atoms with Crippen LogP contribution in [0.5, 0.6) is 5.75 Å². The van der Waals surface area contributed by atoms with Crippen molar-refractivity contribution in [1.29, 1.82) is 0 Å². The van der Waals surface area contributed by atoms with E-state index in [-0.39, 0.29) is 17.3 Å². The van der Waals surface area contributed by atoms with Crippen LogP contribution in [0.1, 0.15) is 25.8 Å². The first-order valence-electron chi connectivity index (χ1n) is 6.72. The molecule has 0 spiro atoms. The van der Waals surface area contributed by atoms with Crippen LogP contribution in [0.4, 0.5) is 4.39 Å². The lowest BCUT2D eigenvalue weighted by Crippen LogP contribution is -2.36. The zero-order valence-corrected chi connectivity index (χ0v) is 12.3. The van der Waals surface area contributed by atoms with E-state index >= 15 is 0 Å². The Bertz CT molecular complexity index is 436. The Kier molecular flexibility index (Phi) is 4.69. The number of halogens is 2. The second kappa shape index (κ2) is 6.10. The largest absolute Gasteiger partial charge is 0.488 e. The molecule has 1 heterocycles. The third-order valence-corrected chi connectivity index (χ3v) is 3.70. The number of alkyl halides is 1. The van der Waals surface area contributed by atoms with E-state index in [2.05, 4.69) is 19.2 Å². The van der Waals surface area contributed by atoms with Crippen molar-refractivity contribution >= 4 is 11.6 Å². The van der Waals surface area contributed by atoms with Crippen molar-refractivity contribution in [1.82, 2.24) is 5.32 Å². The number of ether oxygens (including phenoxy) is 1. The molecule has 1 aromatic rings. The predicted molar refractivity (Wildman–Crippen MR) is 76.5 cm³/mol. The summed E-state index contributed by atoms with van der Waals surface area (Å²) in [6, 6.07) is 4.72. The maximum Gasteiger partial charge on any atom is 0.123 e. The van der Waals surface area contributed by atoms with E-state index in [0.29, 0.717) is 5.88 Å². The summed E-state index contributed by atoms with van der Waals surface area (Å²) in [5, 5.41) is 3.42. The van der Waals surface area contributed by atoms with Crippen LogP contribution in [0.2, 0.25) is 0 Å². The van der Waals surface area contributed by atoms with Crippen molar-refractivity contribution in [3.05, 3.63) is 29.6 Å². The highest BCUT2D eigenvalue weighted by atomic mass is 35.5. The zero-order chi connectivity index (χ0) is 13.9. The molecule has 106 valence electrons. The van der Waals surface area contributed by atoms with Gasteiger partial charge in [0, 0.05) is 31.0 Å². The quantitative estimate of drug-likeness (QED) is 0.809. The number of hydrogen-bond acceptors (Lipinski definition) is 2. The van der Waals surface area contributed by atoms with Gasteiger partial charge in [-0.25, -0.2) is 4.39 Å². The van der Waals surface area contributed by atoms with Crippen LogP contribution in [0.25, 0.3) is 0 Å². The summed E-state index contributed by atoms with van der Waals surface area (Å²) in [6.07, 6.45) is 1.86. The van der Waals surface area contributed by atoms with E-state index < -0.39 is 0 Å². The monoisotopic (exact) mass is 285 g/mol. The third kappa shape index (κ3) is 4.08. The van der Waals surface area contributed by atoms with Gasteiger partial charge in [-0.2, -0.15) is 0 Å². The summed E-state index contributed by atoms with van der Waals surface area (Å²) < 4.78 is 18.9. The summed E-state index contributed by atoms with van der Waals surface area (Å²) in [5.41, 5.74) is 1.16. The Morgan fingerprint density at radius 1 is 1.47 bits per heavy atom. The minimum atomic E-state index is -0.195. The SMILES string of the molecule is CC(C)(CCCl)CNCC1Cc2cc(F)ccc2O1. The van der Waals surface area contributed by atoms with Crippen LogP contribution in [0, 0.1) is 11.2 Å². The summed E-state index contributed by atoms with van der Waals surface area (Å²) in [6.45, 7) is 6.08. The second-order valence-corrected chi connectivity index (χ2v) is 6.31. The molecule has 1 unspecified atom stereocenters. The number of fused-ring (bicyclic) bond motifs is 1. The number of benzene rings is 1. The van der Waals surface area contributed by atoms with Gasteiger partial charge in [-0.15, -0.1) is 11.6 Å². The molecule has 0 fully saturated rings. The second-order valence-electron chi connectivity index (χ2n) is 5.93. The van der Waals surface area contributed by atoms with Crippen LogP contribution in [-0.4, -0.2) is 25.1 Å². The Morgan fingerprint density at radius 3 is 3.00 bits per heavy atom. The van der Waals surface area contributed by atoms with Crippen molar-refractivity contribution in [2.45, 2.75) is 32.8 Å². The fourth-order valence-corrected chi connectivity index (χ4v) is 2.83. The molecule has 0 aliphatic carbocycles. The number of hydrogen-bond donors (Lipinski definition) is 1. The highest BCUT2D eigenvalue weighted by molar-refractivity contribution is 6.17. The van der Waals surface area contributed by atoms with Gasteiger partial charge in [0.1, 0.15) is 17.7 Å². The summed E-state index contributed by atoms with van der Waals surface area (Å²) in [7, 11) is 0. The van der Waals surface area contributed by atoms with E-state index in [1.807, 2.05) is 0 Å². The molecule has 1 N–H and O–H groups in total. The molecule has 0 amide bonds. The molecule has 0 saturated heterocycles. The van der Waals surface area contributed by atoms with Crippen molar-refractivity contribution < 1.29 is 9.13 Å². The van der Waals surface area contributed by atoms with E-state index in [1.165, 1.54) is 6.07 Å². The van der Waals surface area contributed by atoms with E-state index in [4.69, 9.17) is 16.3 Å². The molecule has 2 rings (SSSR count). The van der Waals surface area contributed by atoms with Gasteiger partial charge >= 0.3 is 0 Å². The lowest BCUT2D eigenvalue weighted by atomic mass is 9.90. The third-order valence-electron chi connectivity index (χ3n) is 3.51. The van der Waals surface area contributed by atoms with Crippen molar-refractivity contribution in [2.24, 2.45) is 5.41 Å². The summed E-state index contributed by atoms with van der Waals surface area (Å²) in [4.78, 5) is 0. The molecule has 0 aromatic heterocycles. The van der Waals surface area contributed by atoms with Crippen LogP contribution >= 0.6 is 11.6 Å². The number of nitrogens with one attached hydrogen (secondary N) is 1. The van der Waals surface area contributed by atoms with Crippen molar-refractivity contribution in [3.63, 3.8) is 0 Å². The van der Waals surface area contributed by atoms with Gasteiger partial charge in [0.05, 0.1) is 0 Å². The van der Waals surface area contributed by atoms with Gasteiger partial charge in [-0.1, -0.05) is 13.8 Å². The lowest BCUT2D eigenvalue weighted by molar-refractivity contribution is 0.216. The molecule has 1 aliphatic rings. The van der Waals surface area contributed by atoms with E-state index in [9.17, 15) is 4.39 Å². The molecule has 1 aliphatic heterocycles. The van der Waals surface area contributed by atoms with E-state index in [1.54, 1.807) is 12.1 Å². The Hall–Kier alpha value is -0.800. The van der Waals surface area contributed by atoms with Gasteiger partial charge in [0.2, 0.25) is 0 Å². The first kappa shape index (κ1) is 14.6. The lowest BCUT2D eigenvalue weighted by Gasteiger charge is -2.24. The van der Waals surface area contributed by atoms with Gasteiger partial charge in [-0.05, 0) is 30.0 Å². The normalized spacial score (nSPS) is 18.2.